The van der Waals surface area contributed by atoms with Crippen molar-refractivity contribution in [2.45, 2.75) is 50.7 Å². The quantitative estimate of drug-likeness (QED) is 0.623. The second kappa shape index (κ2) is 7.73. The predicted octanol–water partition coefficient (Wildman–Crippen LogP) is 3.95. The fourth-order valence-electron chi connectivity index (χ4n) is 6.29. The van der Waals surface area contributed by atoms with Crippen LogP contribution in [0.2, 0.25) is 0 Å². The number of piperidine rings is 1. The van der Waals surface area contributed by atoms with Crippen LogP contribution in [-0.2, 0) is 24.2 Å². The van der Waals surface area contributed by atoms with Gasteiger partial charge in [0, 0.05) is 49.3 Å². The standard InChI is InChI=1S/C27H30N4O2/c1-2-30-26(33)31(22-15-19-7-3-4-8-20(19)16-22)25(32)27(30)11-13-29(14-12-27)18-21-17-28-24-10-6-5-9-23(21)24/h3-10,17,22,28H,2,11-16,18H2,1H3. The number of carbonyl (C=O) groups excluding carboxylic acids is 2. The summed E-state index contributed by atoms with van der Waals surface area (Å²) in [7, 11) is 0. The molecule has 33 heavy (non-hydrogen) atoms. The number of fused-ring (bicyclic) bond motifs is 2. The minimum absolute atomic E-state index is 0.0268. The van der Waals surface area contributed by atoms with E-state index in [1.165, 1.54) is 22.1 Å². The number of H-pyrrole nitrogens is 1. The summed E-state index contributed by atoms with van der Waals surface area (Å²) in [6, 6.07) is 16.5. The molecule has 1 aromatic heterocycles. The molecule has 0 atom stereocenters. The van der Waals surface area contributed by atoms with Crippen molar-refractivity contribution in [2.24, 2.45) is 0 Å². The van der Waals surface area contributed by atoms with Crippen LogP contribution in [0, 0.1) is 0 Å². The van der Waals surface area contributed by atoms with E-state index < -0.39 is 5.54 Å². The van der Waals surface area contributed by atoms with E-state index in [2.05, 4.69) is 46.4 Å². The van der Waals surface area contributed by atoms with Crippen molar-refractivity contribution in [1.82, 2.24) is 19.7 Å². The van der Waals surface area contributed by atoms with Crippen molar-refractivity contribution in [3.63, 3.8) is 0 Å². The zero-order valence-electron chi connectivity index (χ0n) is 19.1. The normalized spacial score (nSPS) is 21.0. The fraction of sp³-hybridized carbons (Fsp3) is 0.407. The highest BCUT2D eigenvalue weighted by Gasteiger charge is 2.59. The lowest BCUT2D eigenvalue weighted by molar-refractivity contribution is -0.137. The van der Waals surface area contributed by atoms with Crippen LogP contribution in [0.4, 0.5) is 4.79 Å². The number of hydrogen-bond donors (Lipinski definition) is 1. The number of amides is 3. The van der Waals surface area contributed by atoms with E-state index in [1.807, 2.05) is 30.0 Å². The Morgan fingerprint density at radius 3 is 2.33 bits per heavy atom. The Labute approximate surface area is 194 Å². The van der Waals surface area contributed by atoms with Crippen molar-refractivity contribution in [3.8, 4) is 0 Å². The SMILES string of the molecule is CCN1C(=O)N(C2Cc3ccccc3C2)C(=O)C12CCN(Cc1c[nH]c3ccccc13)CC2. The van der Waals surface area contributed by atoms with Gasteiger partial charge in [-0.1, -0.05) is 42.5 Å². The van der Waals surface area contributed by atoms with Gasteiger partial charge in [-0.3, -0.25) is 14.6 Å². The molecule has 2 fully saturated rings. The van der Waals surface area contributed by atoms with E-state index in [4.69, 9.17) is 0 Å². The van der Waals surface area contributed by atoms with Crippen LogP contribution in [0.15, 0.2) is 54.7 Å². The molecule has 0 bridgehead atoms. The van der Waals surface area contributed by atoms with Gasteiger partial charge in [0.15, 0.2) is 0 Å². The highest BCUT2D eigenvalue weighted by atomic mass is 16.2. The largest absolute Gasteiger partial charge is 0.361 e. The lowest BCUT2D eigenvalue weighted by Gasteiger charge is -2.42. The molecule has 6 rings (SSSR count). The second-order valence-corrected chi connectivity index (χ2v) is 9.70. The first kappa shape index (κ1) is 20.5. The van der Waals surface area contributed by atoms with Crippen molar-refractivity contribution < 1.29 is 9.59 Å². The Bertz CT molecular complexity index is 1200. The first-order valence-corrected chi connectivity index (χ1v) is 12.1. The van der Waals surface area contributed by atoms with Gasteiger partial charge >= 0.3 is 6.03 Å². The highest BCUT2D eigenvalue weighted by Crippen LogP contribution is 2.40. The summed E-state index contributed by atoms with van der Waals surface area (Å²) in [5, 5.41) is 1.26. The number of rotatable bonds is 4. The first-order chi connectivity index (χ1) is 16.1. The van der Waals surface area contributed by atoms with E-state index in [9.17, 15) is 9.59 Å². The number of hydrogen-bond acceptors (Lipinski definition) is 3. The number of urea groups is 1. The van der Waals surface area contributed by atoms with Gasteiger partial charge in [0.2, 0.25) is 0 Å². The molecule has 0 radical (unpaired) electrons. The number of benzene rings is 2. The third kappa shape index (κ3) is 3.11. The van der Waals surface area contributed by atoms with E-state index in [0.717, 1.165) is 38.0 Å². The number of nitrogens with one attached hydrogen (secondary N) is 1. The van der Waals surface area contributed by atoms with Crippen LogP contribution >= 0.6 is 0 Å². The Morgan fingerprint density at radius 1 is 0.970 bits per heavy atom. The molecule has 2 aromatic carbocycles. The molecule has 1 spiro atoms. The Kier molecular flexibility index (Phi) is 4.80. The second-order valence-electron chi connectivity index (χ2n) is 9.70. The average Bonchev–Trinajstić information content (AvgIpc) is 3.49. The summed E-state index contributed by atoms with van der Waals surface area (Å²) in [4.78, 5) is 36.5. The third-order valence-electron chi connectivity index (χ3n) is 8.03. The Balaban J connectivity index is 1.20. The molecule has 170 valence electrons. The van der Waals surface area contributed by atoms with Crippen molar-refractivity contribution in [1.29, 1.82) is 0 Å². The van der Waals surface area contributed by atoms with Gasteiger partial charge in [-0.2, -0.15) is 0 Å². The number of aromatic nitrogens is 1. The molecule has 1 aliphatic carbocycles. The molecular weight excluding hydrogens is 412 g/mol. The smallest absolute Gasteiger partial charge is 0.327 e. The number of likely N-dealkylation sites (tertiary alicyclic amines) is 1. The lowest BCUT2D eigenvalue weighted by atomic mass is 9.85. The van der Waals surface area contributed by atoms with Crippen LogP contribution in [0.3, 0.4) is 0 Å². The molecule has 0 unspecified atom stereocenters. The predicted molar refractivity (Wildman–Crippen MR) is 128 cm³/mol. The lowest BCUT2D eigenvalue weighted by Crippen LogP contribution is -2.56. The monoisotopic (exact) mass is 442 g/mol. The van der Waals surface area contributed by atoms with Crippen LogP contribution in [0.5, 0.6) is 0 Å². The molecule has 1 N–H and O–H groups in total. The summed E-state index contributed by atoms with van der Waals surface area (Å²) in [5.74, 6) is 0.0268. The minimum Gasteiger partial charge on any atom is -0.361 e. The molecular formula is C27H30N4O2. The van der Waals surface area contributed by atoms with Gasteiger partial charge in [-0.25, -0.2) is 4.79 Å². The molecule has 0 saturated carbocycles. The maximum absolute atomic E-state index is 13.8. The van der Waals surface area contributed by atoms with Crippen LogP contribution in [0.1, 0.15) is 36.5 Å². The van der Waals surface area contributed by atoms with Crippen molar-refractivity contribution in [2.75, 3.05) is 19.6 Å². The van der Waals surface area contributed by atoms with Gasteiger partial charge < -0.3 is 9.88 Å². The topological polar surface area (TPSA) is 59.7 Å². The molecule has 6 nitrogen and oxygen atoms in total. The molecule has 3 heterocycles. The van der Waals surface area contributed by atoms with Crippen molar-refractivity contribution in [3.05, 3.63) is 71.4 Å². The fourth-order valence-corrected chi connectivity index (χ4v) is 6.29. The summed E-state index contributed by atoms with van der Waals surface area (Å²) in [6.07, 6.45) is 5.03. The van der Waals surface area contributed by atoms with E-state index in [1.54, 1.807) is 4.90 Å². The minimum atomic E-state index is -0.683. The average molecular weight is 443 g/mol. The number of carbonyl (C=O) groups is 2. The number of nitrogens with zero attached hydrogens (tertiary/aromatic N) is 3. The van der Waals surface area contributed by atoms with Crippen LogP contribution < -0.4 is 0 Å². The third-order valence-corrected chi connectivity index (χ3v) is 8.03. The number of imide groups is 1. The molecule has 3 amide bonds. The number of aromatic amines is 1. The van der Waals surface area contributed by atoms with Gasteiger partial charge in [0.05, 0.1) is 0 Å². The first-order valence-electron chi connectivity index (χ1n) is 12.1. The maximum Gasteiger partial charge on any atom is 0.327 e. The van der Waals surface area contributed by atoms with Gasteiger partial charge in [-0.05, 0) is 55.4 Å². The number of para-hydroxylation sites is 1. The van der Waals surface area contributed by atoms with Crippen molar-refractivity contribution >= 4 is 22.8 Å². The van der Waals surface area contributed by atoms with Gasteiger partial charge in [-0.15, -0.1) is 0 Å². The van der Waals surface area contributed by atoms with Crippen LogP contribution in [-0.4, -0.2) is 62.8 Å². The number of likely N-dealkylation sites (N-methyl/N-ethyl adjacent to an activating group) is 1. The Morgan fingerprint density at radius 2 is 1.64 bits per heavy atom. The van der Waals surface area contributed by atoms with Gasteiger partial charge in [0.25, 0.3) is 5.91 Å². The molecule has 2 saturated heterocycles. The zero-order valence-corrected chi connectivity index (χ0v) is 19.1. The molecule has 3 aliphatic rings. The summed E-state index contributed by atoms with van der Waals surface area (Å²) < 4.78 is 0. The molecule has 3 aromatic rings. The Hall–Kier alpha value is -3.12. The molecule has 2 aliphatic heterocycles. The zero-order chi connectivity index (χ0) is 22.6. The van der Waals surface area contributed by atoms with Gasteiger partial charge in [0.1, 0.15) is 5.54 Å². The van der Waals surface area contributed by atoms with E-state index in [-0.39, 0.29) is 18.0 Å². The van der Waals surface area contributed by atoms with E-state index >= 15 is 0 Å². The summed E-state index contributed by atoms with van der Waals surface area (Å²) in [6.45, 7) is 5.05. The van der Waals surface area contributed by atoms with E-state index in [0.29, 0.717) is 19.4 Å². The summed E-state index contributed by atoms with van der Waals surface area (Å²) in [5.41, 5.74) is 4.29. The molecule has 6 heteroatoms. The maximum atomic E-state index is 13.8. The summed E-state index contributed by atoms with van der Waals surface area (Å²) >= 11 is 0. The highest BCUT2D eigenvalue weighted by molar-refractivity contribution is 6.07. The van der Waals surface area contributed by atoms with Crippen LogP contribution in [0.25, 0.3) is 10.9 Å².